The van der Waals surface area contributed by atoms with Gasteiger partial charge in [-0.25, -0.2) is 0 Å². The SMILES string of the molecule is CC[Si](CC)(CC)Cc1cc(C)cc(C[Si](CC)(CC)CC)c1/C=N/N1CCCCC1. The first-order valence-corrected chi connectivity index (χ1v) is 19.0. The van der Waals surface area contributed by atoms with E-state index in [4.69, 9.17) is 5.10 Å². The Balaban J connectivity index is 2.54. The van der Waals surface area contributed by atoms with E-state index in [-0.39, 0.29) is 0 Å². The molecule has 0 saturated carbocycles. The van der Waals surface area contributed by atoms with E-state index in [1.54, 1.807) is 11.1 Å². The third-order valence-corrected chi connectivity index (χ3v) is 20.1. The molecule has 0 aliphatic carbocycles. The van der Waals surface area contributed by atoms with Crippen LogP contribution in [0.4, 0.5) is 0 Å². The second-order valence-electron chi connectivity index (χ2n) is 10.2. The summed E-state index contributed by atoms with van der Waals surface area (Å²) in [6.07, 6.45) is 6.23. The Morgan fingerprint density at radius 3 is 1.55 bits per heavy atom. The molecule has 176 valence electrons. The summed E-state index contributed by atoms with van der Waals surface area (Å²) in [5.74, 6) is 0. The summed E-state index contributed by atoms with van der Waals surface area (Å²) in [7, 11) is -2.50. The fourth-order valence-electron chi connectivity index (χ4n) is 5.60. The minimum atomic E-state index is -1.25. The van der Waals surface area contributed by atoms with Gasteiger partial charge in [-0.1, -0.05) is 95.5 Å². The topological polar surface area (TPSA) is 15.6 Å². The van der Waals surface area contributed by atoms with E-state index < -0.39 is 16.1 Å². The summed E-state index contributed by atoms with van der Waals surface area (Å²) in [6.45, 7) is 19.2. The maximum absolute atomic E-state index is 5.06. The number of piperidine rings is 1. The average Bonchev–Trinajstić information content (AvgIpc) is 2.81. The van der Waals surface area contributed by atoms with E-state index in [1.807, 2.05) is 0 Å². The Morgan fingerprint density at radius 2 is 1.16 bits per heavy atom. The van der Waals surface area contributed by atoms with Crippen molar-refractivity contribution >= 4 is 22.4 Å². The largest absolute Gasteiger partial charge is 0.297 e. The maximum atomic E-state index is 5.06. The van der Waals surface area contributed by atoms with Crippen LogP contribution in [0.5, 0.6) is 0 Å². The van der Waals surface area contributed by atoms with Crippen molar-refractivity contribution in [1.82, 2.24) is 5.01 Å². The minimum absolute atomic E-state index is 1.13. The van der Waals surface area contributed by atoms with Crippen molar-refractivity contribution in [3.8, 4) is 0 Å². The highest BCUT2D eigenvalue weighted by molar-refractivity contribution is 6.79. The molecule has 0 amide bonds. The van der Waals surface area contributed by atoms with Crippen molar-refractivity contribution in [2.45, 2.75) is 116 Å². The van der Waals surface area contributed by atoms with Gasteiger partial charge in [0.2, 0.25) is 0 Å². The molecule has 1 aromatic rings. The molecule has 0 atom stereocenters. The molecule has 1 aromatic carbocycles. The molecule has 0 spiro atoms. The van der Waals surface area contributed by atoms with Gasteiger partial charge in [0.05, 0.1) is 22.4 Å². The number of benzene rings is 1. The third kappa shape index (κ3) is 6.80. The van der Waals surface area contributed by atoms with Gasteiger partial charge < -0.3 is 0 Å². The van der Waals surface area contributed by atoms with E-state index in [0.29, 0.717) is 0 Å². The summed E-state index contributed by atoms with van der Waals surface area (Å²) in [6, 6.07) is 16.0. The lowest BCUT2D eigenvalue weighted by Gasteiger charge is -2.32. The van der Waals surface area contributed by atoms with E-state index in [1.165, 1.54) is 78.7 Å². The van der Waals surface area contributed by atoms with Gasteiger partial charge in [0.25, 0.3) is 0 Å². The van der Waals surface area contributed by atoms with Gasteiger partial charge in [-0.2, -0.15) is 5.10 Å². The van der Waals surface area contributed by atoms with Crippen LogP contribution in [0.15, 0.2) is 17.2 Å². The molecule has 0 N–H and O–H groups in total. The van der Waals surface area contributed by atoms with Gasteiger partial charge in [-0.15, -0.1) is 0 Å². The molecule has 1 aliphatic heterocycles. The normalized spacial score (nSPS) is 15.8. The first-order valence-electron chi connectivity index (χ1n) is 13.3. The molecule has 0 unspecified atom stereocenters. The van der Waals surface area contributed by atoms with Gasteiger partial charge >= 0.3 is 0 Å². The van der Waals surface area contributed by atoms with Crippen molar-refractivity contribution in [3.63, 3.8) is 0 Å². The molecular weight excluding hydrogens is 408 g/mol. The minimum Gasteiger partial charge on any atom is -0.297 e. The van der Waals surface area contributed by atoms with E-state index in [0.717, 1.165) is 13.1 Å². The predicted molar refractivity (Wildman–Crippen MR) is 146 cm³/mol. The average molecular weight is 459 g/mol. The number of hydrogen-bond donors (Lipinski definition) is 0. The maximum Gasteiger partial charge on any atom is 0.0571 e. The van der Waals surface area contributed by atoms with Crippen LogP contribution in [0, 0.1) is 6.92 Å². The Morgan fingerprint density at radius 1 is 0.742 bits per heavy atom. The van der Waals surface area contributed by atoms with Crippen LogP contribution < -0.4 is 0 Å². The summed E-state index contributed by atoms with van der Waals surface area (Å²) in [5, 5.41) is 7.38. The van der Waals surface area contributed by atoms with Gasteiger partial charge in [-0.3, -0.25) is 5.01 Å². The molecular formula is C27H50N2Si2. The van der Waals surface area contributed by atoms with Crippen molar-refractivity contribution < 1.29 is 0 Å². The number of hydrogen-bond acceptors (Lipinski definition) is 2. The highest BCUT2D eigenvalue weighted by Crippen LogP contribution is 2.31. The zero-order valence-corrected chi connectivity index (χ0v) is 23.8. The van der Waals surface area contributed by atoms with Crippen LogP contribution in [0.3, 0.4) is 0 Å². The van der Waals surface area contributed by atoms with E-state index in [9.17, 15) is 0 Å². The van der Waals surface area contributed by atoms with Crippen LogP contribution in [-0.4, -0.2) is 40.5 Å². The predicted octanol–water partition coefficient (Wildman–Crippen LogP) is 8.00. The van der Waals surface area contributed by atoms with Gasteiger partial charge in [0, 0.05) is 18.7 Å². The monoisotopic (exact) mass is 458 g/mol. The zero-order valence-electron chi connectivity index (χ0n) is 21.8. The van der Waals surface area contributed by atoms with Crippen molar-refractivity contribution in [1.29, 1.82) is 0 Å². The highest BCUT2D eigenvalue weighted by atomic mass is 28.3. The van der Waals surface area contributed by atoms with Crippen LogP contribution >= 0.6 is 0 Å². The van der Waals surface area contributed by atoms with Crippen LogP contribution in [-0.2, 0) is 12.1 Å². The standard InChI is InChI=1S/C27H50N2Si2/c1-8-30(9-2,10-3)22-25-19-24(7)20-26(23-31(11-4,12-5)13-6)27(25)21-28-29-17-15-14-16-18-29/h19-21H,8-18,22-23H2,1-7H3/b28-21+. The lowest BCUT2D eigenvalue weighted by Crippen LogP contribution is -2.37. The van der Waals surface area contributed by atoms with Gasteiger partial charge in [0.1, 0.15) is 0 Å². The molecule has 0 bridgehead atoms. The molecule has 1 aliphatic rings. The Labute approximate surface area is 195 Å². The summed E-state index contributed by atoms with van der Waals surface area (Å²) >= 11 is 0. The van der Waals surface area contributed by atoms with Crippen LogP contribution in [0.1, 0.15) is 83.1 Å². The quantitative estimate of drug-likeness (QED) is 0.229. The lowest BCUT2D eigenvalue weighted by molar-refractivity contribution is 0.240. The number of nitrogens with zero attached hydrogens (tertiary/aromatic N) is 2. The Bertz CT molecular complexity index is 640. The highest BCUT2D eigenvalue weighted by Gasteiger charge is 2.31. The van der Waals surface area contributed by atoms with E-state index in [2.05, 4.69) is 71.8 Å². The molecule has 1 fully saturated rings. The summed E-state index contributed by atoms with van der Waals surface area (Å²) in [4.78, 5) is 0. The van der Waals surface area contributed by atoms with Crippen LogP contribution in [0.2, 0.25) is 36.3 Å². The zero-order chi connectivity index (χ0) is 22.9. The van der Waals surface area contributed by atoms with E-state index >= 15 is 0 Å². The smallest absolute Gasteiger partial charge is 0.0571 e. The van der Waals surface area contributed by atoms with Crippen molar-refractivity contribution in [2.24, 2.45) is 5.10 Å². The number of aryl methyl sites for hydroxylation is 1. The second-order valence-corrected chi connectivity index (χ2v) is 21.2. The molecule has 1 saturated heterocycles. The molecule has 0 radical (unpaired) electrons. The van der Waals surface area contributed by atoms with Crippen molar-refractivity contribution in [2.75, 3.05) is 13.1 Å². The Kier molecular flexibility index (Phi) is 10.5. The lowest BCUT2D eigenvalue weighted by atomic mass is 10.0. The first-order chi connectivity index (χ1) is 14.9. The fourth-order valence-corrected chi connectivity index (χ4v) is 12.3. The molecule has 2 nitrogen and oxygen atoms in total. The molecule has 4 heteroatoms. The first kappa shape index (κ1) is 26.4. The molecule has 2 rings (SSSR count). The molecule has 31 heavy (non-hydrogen) atoms. The third-order valence-electron chi connectivity index (χ3n) is 8.81. The second kappa shape index (κ2) is 12.4. The molecule has 0 aromatic heterocycles. The van der Waals surface area contributed by atoms with Gasteiger partial charge in [0.15, 0.2) is 0 Å². The fraction of sp³-hybridized carbons (Fsp3) is 0.741. The number of rotatable bonds is 12. The summed E-state index contributed by atoms with van der Waals surface area (Å²) < 4.78 is 0. The molecule has 1 heterocycles. The van der Waals surface area contributed by atoms with Crippen LogP contribution in [0.25, 0.3) is 0 Å². The number of hydrazone groups is 1. The summed E-state index contributed by atoms with van der Waals surface area (Å²) in [5.41, 5.74) is 6.17. The Hall–Kier alpha value is -0.876. The van der Waals surface area contributed by atoms with Crippen molar-refractivity contribution in [3.05, 3.63) is 34.4 Å². The van der Waals surface area contributed by atoms with Gasteiger partial charge in [-0.05, 0) is 49.4 Å².